The predicted molar refractivity (Wildman–Crippen MR) is 238 cm³/mol. The first-order valence-corrected chi connectivity index (χ1v) is 19.2. The number of hydrogen-bond donors (Lipinski definition) is 5. The lowest BCUT2D eigenvalue weighted by Gasteiger charge is -2.10. The number of phenolic OH excluding ortho intramolecular Hbond substituents is 1. The van der Waals surface area contributed by atoms with Gasteiger partial charge in [0, 0.05) is 25.8 Å². The number of pyridine rings is 1. The lowest BCUT2D eigenvalue weighted by atomic mass is 9.98. The maximum Gasteiger partial charge on any atom is 0.166 e. The molecule has 0 aliphatic carbocycles. The number of methoxy groups -OCH3 is 1. The minimum absolute atomic E-state index is 0. The van der Waals surface area contributed by atoms with Gasteiger partial charge in [0.15, 0.2) is 24.0 Å². The minimum Gasteiger partial charge on any atom is -1.00 e. The highest BCUT2D eigenvalue weighted by Gasteiger charge is 2.16. The van der Waals surface area contributed by atoms with Gasteiger partial charge in [-0.05, 0) is 108 Å². The van der Waals surface area contributed by atoms with E-state index in [-0.39, 0.29) is 15.3 Å². The lowest BCUT2D eigenvalue weighted by molar-refractivity contribution is -0.377. The number of fused-ring (bicyclic) bond motifs is 4. The van der Waals surface area contributed by atoms with Gasteiger partial charge in [-0.3, -0.25) is 10.2 Å². The number of nitrogens with zero attached hydrogens (tertiary/aromatic N) is 4. The van der Waals surface area contributed by atoms with Crippen LogP contribution in [0.2, 0.25) is 0 Å². The SMILES string of the molecule is COc1cccc(-c2ccc3[nH]nc(-c4nc5ccccc5[nH]4)c3c2)c1C.Cc1c(O)cccc1-c1ccc2[nH]nc(-c3nc4ccccc4[nH]3)c2c1.[Cl-].[HH].[HH].c1cc[nH+]cc1. The molecule has 0 unspecified atom stereocenters. The fourth-order valence-electron chi connectivity index (χ4n) is 7.28. The number of benzene rings is 6. The average Bonchev–Trinajstić information content (AvgIpc) is 4.10. The molecule has 0 aliphatic rings. The number of phenols is 1. The van der Waals surface area contributed by atoms with Gasteiger partial charge in [-0.2, -0.15) is 10.2 Å². The molecule has 60 heavy (non-hydrogen) atoms. The Kier molecular flexibility index (Phi) is 11.1. The van der Waals surface area contributed by atoms with Crippen LogP contribution in [0, 0.1) is 13.8 Å². The van der Waals surface area contributed by atoms with Crippen molar-refractivity contribution in [2.45, 2.75) is 13.8 Å². The van der Waals surface area contributed by atoms with Gasteiger partial charge in [-0.1, -0.05) is 66.7 Å². The Hall–Kier alpha value is -7.76. The summed E-state index contributed by atoms with van der Waals surface area (Å²) in [7, 11) is 1.70. The molecule has 0 saturated carbocycles. The number of halogens is 1. The largest absolute Gasteiger partial charge is 1.00 e. The molecular weight excluding hydrogens is 770 g/mol. The highest BCUT2D eigenvalue weighted by atomic mass is 35.5. The van der Waals surface area contributed by atoms with Gasteiger partial charge in [0.25, 0.3) is 0 Å². The maximum absolute atomic E-state index is 10.0. The maximum atomic E-state index is 10.0. The number of aromatic nitrogens is 9. The smallest absolute Gasteiger partial charge is 0.166 e. The molecule has 0 spiro atoms. The molecule has 0 amide bonds. The molecule has 6 aromatic carbocycles. The average molecular weight is 814 g/mol. The molecule has 11 nitrogen and oxygen atoms in total. The molecule has 11 rings (SSSR count). The van der Waals surface area contributed by atoms with E-state index in [0.717, 1.165) is 106 Å². The van der Waals surface area contributed by atoms with Crippen LogP contribution in [0.1, 0.15) is 14.0 Å². The number of aromatic amines is 5. The van der Waals surface area contributed by atoms with Crippen molar-refractivity contribution in [3.05, 3.63) is 163 Å². The van der Waals surface area contributed by atoms with Crippen molar-refractivity contribution < 1.29 is 30.1 Å². The summed E-state index contributed by atoms with van der Waals surface area (Å²) < 4.78 is 5.47. The first-order valence-electron chi connectivity index (χ1n) is 19.2. The molecule has 0 aliphatic heterocycles. The van der Waals surface area contributed by atoms with Crippen LogP contribution in [0.5, 0.6) is 11.5 Å². The van der Waals surface area contributed by atoms with Crippen LogP contribution in [0.3, 0.4) is 0 Å². The van der Waals surface area contributed by atoms with Gasteiger partial charge in [0.2, 0.25) is 0 Å². The van der Waals surface area contributed by atoms with Crippen LogP contribution in [0.15, 0.2) is 152 Å². The van der Waals surface area contributed by atoms with E-state index in [9.17, 15) is 5.11 Å². The van der Waals surface area contributed by atoms with Crippen LogP contribution >= 0.6 is 0 Å². The highest BCUT2D eigenvalue weighted by molar-refractivity contribution is 5.97. The second-order valence-electron chi connectivity index (χ2n) is 14.0. The van der Waals surface area contributed by atoms with Crippen LogP contribution in [-0.4, -0.2) is 52.5 Å². The van der Waals surface area contributed by atoms with E-state index in [1.165, 1.54) is 0 Å². The molecule has 11 aromatic rings. The van der Waals surface area contributed by atoms with Crippen molar-refractivity contribution in [2.24, 2.45) is 0 Å². The van der Waals surface area contributed by atoms with Gasteiger partial charge in [0.05, 0.1) is 40.2 Å². The number of para-hydroxylation sites is 4. The van der Waals surface area contributed by atoms with Crippen molar-refractivity contribution in [3.8, 4) is 56.8 Å². The molecule has 5 heterocycles. The van der Waals surface area contributed by atoms with Crippen LogP contribution < -0.4 is 22.1 Å². The zero-order valence-corrected chi connectivity index (χ0v) is 33.7. The first-order chi connectivity index (χ1) is 28.9. The normalized spacial score (nSPS) is 10.8. The molecular formula is C48H44ClN9O2. The number of ether oxygens (including phenoxy) is 1. The molecule has 12 heteroatoms. The third-order valence-electron chi connectivity index (χ3n) is 10.4. The summed E-state index contributed by atoms with van der Waals surface area (Å²) >= 11 is 0. The molecule has 0 bridgehead atoms. The number of imidazole rings is 2. The number of aromatic hydroxyl groups is 1. The Morgan fingerprint density at radius 2 is 1.07 bits per heavy atom. The zero-order valence-electron chi connectivity index (χ0n) is 33.0. The molecule has 0 fully saturated rings. The van der Waals surface area contributed by atoms with E-state index < -0.39 is 0 Å². The first kappa shape index (κ1) is 39.1. The highest BCUT2D eigenvalue weighted by Crippen LogP contribution is 2.35. The fourth-order valence-corrected chi connectivity index (χ4v) is 7.28. The summed E-state index contributed by atoms with van der Waals surface area (Å²) in [5.74, 6) is 2.69. The zero-order chi connectivity index (χ0) is 40.3. The van der Waals surface area contributed by atoms with Crippen molar-refractivity contribution in [3.63, 3.8) is 0 Å². The third-order valence-corrected chi connectivity index (χ3v) is 10.4. The third kappa shape index (κ3) is 7.64. The fraction of sp³-hybridized carbons (Fsp3) is 0.0625. The van der Waals surface area contributed by atoms with E-state index in [0.29, 0.717) is 5.75 Å². The number of H-pyrrole nitrogens is 5. The molecule has 0 radical (unpaired) electrons. The minimum atomic E-state index is 0. The van der Waals surface area contributed by atoms with Gasteiger partial charge in [-0.15, -0.1) is 0 Å². The van der Waals surface area contributed by atoms with Crippen molar-refractivity contribution in [2.75, 3.05) is 7.11 Å². The summed E-state index contributed by atoms with van der Waals surface area (Å²) in [6.07, 6.45) is 3.75. The Balaban J connectivity index is 0.000000175. The Bertz CT molecular complexity index is 3140. The van der Waals surface area contributed by atoms with Crippen molar-refractivity contribution in [1.29, 1.82) is 0 Å². The van der Waals surface area contributed by atoms with Crippen LogP contribution in [0.25, 0.3) is 89.2 Å². The summed E-state index contributed by atoms with van der Waals surface area (Å²) in [5, 5.41) is 27.2. The van der Waals surface area contributed by atoms with Gasteiger partial charge < -0.3 is 32.2 Å². The molecule has 300 valence electrons. The number of hydrogen-bond acceptors (Lipinski definition) is 6. The quantitative estimate of drug-likeness (QED) is 0.119. The Morgan fingerprint density at radius 3 is 1.55 bits per heavy atom. The molecule has 0 saturated heterocycles. The summed E-state index contributed by atoms with van der Waals surface area (Å²) in [5.41, 5.74) is 13.7. The molecule has 0 atom stereocenters. The van der Waals surface area contributed by atoms with E-state index in [1.807, 2.05) is 122 Å². The second kappa shape index (κ2) is 17.0. The van der Waals surface area contributed by atoms with Gasteiger partial charge in [-0.25, -0.2) is 15.0 Å². The number of nitrogens with one attached hydrogen (secondary N) is 5. The second-order valence-corrected chi connectivity index (χ2v) is 14.0. The summed E-state index contributed by atoms with van der Waals surface area (Å²) in [6.45, 7) is 4.00. The van der Waals surface area contributed by atoms with E-state index in [4.69, 9.17) is 9.72 Å². The lowest BCUT2D eigenvalue weighted by Crippen LogP contribution is -3.00. The van der Waals surface area contributed by atoms with Crippen molar-refractivity contribution in [1.82, 2.24) is 40.3 Å². The standard InChI is InChI=1S/C22H18N4O.C21H16N4O.C5H5N.ClH.2H2/c1-13-15(6-5-9-20(13)27-2)14-10-11-17-16(12-14)21(26-25-17)22-23-18-7-3-4-8-19(18)24-22;1-12-14(5-4-8-19(12)26)13-9-10-16-15(11-13)20(25-24-16)21-22-17-6-2-3-7-18(17)23-21;1-2-4-6-5-3-1;;;/h3-12H,1-2H3,(H,23,24)(H,25,26);2-11,26H,1H3,(H,22,23)(H,24,25);1-5H;3*1H. The Morgan fingerprint density at radius 1 is 0.550 bits per heavy atom. The molecule has 5 aromatic heterocycles. The topological polar surface area (TPSA) is 158 Å². The van der Waals surface area contributed by atoms with Gasteiger partial charge >= 0.3 is 0 Å². The van der Waals surface area contributed by atoms with Crippen LogP contribution in [0.4, 0.5) is 0 Å². The van der Waals surface area contributed by atoms with E-state index >= 15 is 0 Å². The Labute approximate surface area is 354 Å². The van der Waals surface area contributed by atoms with Crippen molar-refractivity contribution >= 4 is 43.9 Å². The number of rotatable bonds is 5. The summed E-state index contributed by atoms with van der Waals surface area (Å²) in [6, 6.07) is 45.9. The van der Waals surface area contributed by atoms with Crippen LogP contribution in [-0.2, 0) is 0 Å². The predicted octanol–water partition coefficient (Wildman–Crippen LogP) is 7.87. The summed E-state index contributed by atoms with van der Waals surface area (Å²) in [4.78, 5) is 18.9. The van der Waals surface area contributed by atoms with E-state index in [2.05, 4.69) is 77.6 Å². The van der Waals surface area contributed by atoms with E-state index in [1.54, 1.807) is 13.2 Å². The monoisotopic (exact) mass is 813 g/mol. The van der Waals surface area contributed by atoms with Gasteiger partial charge in [0.1, 0.15) is 22.9 Å². The molecule has 6 N–H and O–H groups in total.